The lowest BCUT2D eigenvalue weighted by atomic mass is 9.42. The lowest BCUT2D eigenvalue weighted by Crippen LogP contribution is -2.71. The molecule has 2 saturated heterocycles. The quantitative estimate of drug-likeness (QED) is 0.223. The Kier molecular flexibility index (Phi) is 5.82. The largest absolute Gasteiger partial charge is 0.458 e. The summed E-state index contributed by atoms with van der Waals surface area (Å²) in [5.41, 5.74) is -1.91. The van der Waals surface area contributed by atoms with Crippen molar-refractivity contribution in [3.63, 3.8) is 0 Å². The predicted octanol–water partition coefficient (Wildman–Crippen LogP) is 0.971. The number of ether oxygens (including phenoxy) is 4. The molecule has 0 amide bonds. The predicted molar refractivity (Wildman–Crippen MR) is 133 cm³/mol. The van der Waals surface area contributed by atoms with Crippen molar-refractivity contribution < 1.29 is 49.0 Å². The molecule has 6 fully saturated rings. The molecule has 0 radical (unpaired) electrons. The van der Waals surface area contributed by atoms with Gasteiger partial charge in [-0.05, 0) is 68.8 Å². The van der Waals surface area contributed by atoms with Crippen molar-refractivity contribution >= 4 is 12.3 Å². The first-order valence-corrected chi connectivity index (χ1v) is 14.6. The maximum absolute atomic E-state index is 13.1. The van der Waals surface area contributed by atoms with Crippen LogP contribution in [0.2, 0.25) is 0 Å². The third kappa shape index (κ3) is 3.40. The maximum atomic E-state index is 13.1. The van der Waals surface area contributed by atoms with Crippen LogP contribution in [0.5, 0.6) is 0 Å². The third-order valence-corrected chi connectivity index (χ3v) is 12.1. The highest BCUT2D eigenvalue weighted by Crippen LogP contribution is 2.70. The summed E-state index contributed by atoms with van der Waals surface area (Å²) in [5.74, 6) is -3.11. The smallest absolute Gasteiger partial charge is 0.331 e. The molecule has 3 heterocycles. The van der Waals surface area contributed by atoms with Crippen LogP contribution < -0.4 is 0 Å². The molecule has 39 heavy (non-hydrogen) atoms. The van der Waals surface area contributed by atoms with Crippen LogP contribution in [0, 0.1) is 34.5 Å². The minimum absolute atomic E-state index is 0.0249. The normalized spacial score (nSPS) is 58.2. The molecule has 10 heteroatoms. The number of cyclic esters (lactones) is 1. The van der Waals surface area contributed by atoms with Crippen LogP contribution in [0.25, 0.3) is 0 Å². The van der Waals surface area contributed by atoms with E-state index >= 15 is 0 Å². The average Bonchev–Trinajstić information content (AvgIpc) is 3.38. The Morgan fingerprint density at radius 2 is 1.82 bits per heavy atom. The Hall–Kier alpha value is -1.40. The molecule has 7 aliphatic rings. The van der Waals surface area contributed by atoms with Crippen molar-refractivity contribution in [2.75, 3.05) is 6.61 Å². The Morgan fingerprint density at radius 3 is 2.54 bits per heavy atom. The van der Waals surface area contributed by atoms with Crippen molar-refractivity contribution in [2.45, 2.75) is 113 Å². The van der Waals surface area contributed by atoms with Crippen LogP contribution in [0.4, 0.5) is 0 Å². The molecule has 0 spiro atoms. The van der Waals surface area contributed by atoms with Gasteiger partial charge >= 0.3 is 5.97 Å². The van der Waals surface area contributed by atoms with E-state index in [2.05, 4.69) is 0 Å². The highest BCUT2D eigenvalue weighted by atomic mass is 16.8. The number of esters is 1. The van der Waals surface area contributed by atoms with Crippen molar-refractivity contribution in [3.8, 4) is 0 Å². The fraction of sp³-hybridized carbons (Fsp3) is 0.862. The Morgan fingerprint density at radius 1 is 1.03 bits per heavy atom. The van der Waals surface area contributed by atoms with Gasteiger partial charge in [0.1, 0.15) is 19.0 Å². The van der Waals surface area contributed by atoms with Gasteiger partial charge in [-0.3, -0.25) is 0 Å². The van der Waals surface area contributed by atoms with Crippen molar-refractivity contribution in [3.05, 3.63) is 11.6 Å². The minimum atomic E-state index is -2.00. The number of hydrogen-bond donors (Lipinski definition) is 4. The van der Waals surface area contributed by atoms with Gasteiger partial charge in [-0.2, -0.15) is 0 Å². The number of carbonyl (C=O) groups is 2. The summed E-state index contributed by atoms with van der Waals surface area (Å²) < 4.78 is 23.4. The lowest BCUT2D eigenvalue weighted by molar-refractivity contribution is -0.457. The highest BCUT2D eigenvalue weighted by molar-refractivity contribution is 5.85. The van der Waals surface area contributed by atoms with Gasteiger partial charge in [0, 0.05) is 35.7 Å². The molecular formula is C29H40O10. The molecule has 7 rings (SSSR count). The second-order valence-corrected chi connectivity index (χ2v) is 13.7. The molecule has 0 unspecified atom stereocenters. The highest BCUT2D eigenvalue weighted by Gasteiger charge is 2.72. The van der Waals surface area contributed by atoms with E-state index in [1.807, 2.05) is 13.8 Å². The Bertz CT molecular complexity index is 1090. The maximum Gasteiger partial charge on any atom is 0.331 e. The zero-order valence-electron chi connectivity index (χ0n) is 22.5. The van der Waals surface area contributed by atoms with E-state index in [-0.39, 0.29) is 55.3 Å². The van der Waals surface area contributed by atoms with Gasteiger partial charge in [0.05, 0.1) is 30.0 Å². The number of hydrogen-bond acceptors (Lipinski definition) is 10. The summed E-state index contributed by atoms with van der Waals surface area (Å²) in [6.45, 7) is 3.97. The van der Waals surface area contributed by atoms with Crippen molar-refractivity contribution in [2.24, 2.45) is 34.5 Å². The Balaban J connectivity index is 1.20. The second kappa shape index (κ2) is 8.56. The molecule has 0 bridgehead atoms. The van der Waals surface area contributed by atoms with Gasteiger partial charge in [-0.1, -0.05) is 6.92 Å². The van der Waals surface area contributed by atoms with E-state index in [0.29, 0.717) is 25.7 Å². The van der Waals surface area contributed by atoms with Gasteiger partial charge < -0.3 is 44.2 Å². The second-order valence-electron chi connectivity index (χ2n) is 13.7. The van der Waals surface area contributed by atoms with Gasteiger partial charge in [0.2, 0.25) is 12.1 Å². The van der Waals surface area contributed by atoms with Crippen LogP contribution in [0.3, 0.4) is 0 Å². The number of aliphatic hydroxyl groups excluding tert-OH is 2. The van der Waals surface area contributed by atoms with Crippen LogP contribution in [0.1, 0.15) is 65.2 Å². The molecule has 0 aromatic heterocycles. The monoisotopic (exact) mass is 548 g/mol. The fourth-order valence-electron chi connectivity index (χ4n) is 10.3. The molecule has 14 atom stereocenters. The summed E-state index contributed by atoms with van der Waals surface area (Å²) in [5, 5.41) is 45.6. The number of aliphatic hydroxyl groups is 4. The summed E-state index contributed by atoms with van der Waals surface area (Å²) in [7, 11) is 0. The van der Waals surface area contributed by atoms with Gasteiger partial charge in [0.25, 0.3) is 0 Å². The van der Waals surface area contributed by atoms with E-state index in [4.69, 9.17) is 18.9 Å². The first-order chi connectivity index (χ1) is 18.4. The summed E-state index contributed by atoms with van der Waals surface area (Å²) in [6.07, 6.45) is 2.23. The van der Waals surface area contributed by atoms with Crippen molar-refractivity contribution in [1.82, 2.24) is 0 Å². The summed E-state index contributed by atoms with van der Waals surface area (Å²) in [4.78, 5) is 25.0. The van der Waals surface area contributed by atoms with Gasteiger partial charge in [0.15, 0.2) is 0 Å². The topological polar surface area (TPSA) is 152 Å². The van der Waals surface area contributed by atoms with E-state index < -0.39 is 52.8 Å². The first-order valence-electron chi connectivity index (χ1n) is 14.6. The van der Waals surface area contributed by atoms with Crippen LogP contribution in [0.15, 0.2) is 11.6 Å². The zero-order valence-corrected chi connectivity index (χ0v) is 22.5. The minimum Gasteiger partial charge on any atom is -0.458 e. The SMILES string of the molecule is C[C@@H]1C[C@@H](O)[C@]2(O)O[C@@H]3C[C@@]4(C=O)[C@@H](CC[C@@H]5[C@@H]4CC[C@]4(C)[C@@H](C6=CC(=O)OC6)[C@H](O)C[C@]54O)C[C@H]3O[C@H]2O1. The molecule has 4 saturated carbocycles. The Labute approximate surface area is 227 Å². The molecule has 0 aromatic rings. The van der Waals surface area contributed by atoms with E-state index in [1.165, 1.54) is 6.08 Å². The van der Waals surface area contributed by atoms with Gasteiger partial charge in [-0.25, -0.2) is 4.79 Å². The average molecular weight is 549 g/mol. The number of rotatable bonds is 2. The van der Waals surface area contributed by atoms with E-state index in [1.54, 1.807) is 0 Å². The molecule has 10 nitrogen and oxygen atoms in total. The van der Waals surface area contributed by atoms with Crippen LogP contribution >= 0.6 is 0 Å². The molecule has 216 valence electrons. The third-order valence-electron chi connectivity index (χ3n) is 12.1. The molecule has 4 N–H and O–H groups in total. The summed E-state index contributed by atoms with van der Waals surface area (Å²) in [6, 6.07) is 0. The van der Waals surface area contributed by atoms with Gasteiger partial charge in [-0.15, -0.1) is 0 Å². The number of aldehydes is 1. The first kappa shape index (κ1) is 26.5. The number of carbonyl (C=O) groups excluding carboxylic acids is 2. The molecule has 4 aliphatic carbocycles. The molecule has 3 aliphatic heterocycles. The molecule has 0 aromatic carbocycles. The summed E-state index contributed by atoms with van der Waals surface area (Å²) >= 11 is 0. The standard InChI is InChI=1S/C29H40O10/c1-14-7-22(32)29(35)25(37-14)38-20-9-16-3-4-18-17(27(16,13-30)11-21(20)39-29)5-6-26(2)24(15-8-23(33)36-12-15)19(31)10-28(18,26)34/h8,13-14,16-22,24-25,31-32,34-35H,3-7,9-12H2,1-2H3/t14-,16+,17+,18-,19-,20-,21-,22-,24+,25-,26-,27-,28+,29+/m1/s1. The molecular weight excluding hydrogens is 508 g/mol. The zero-order chi connectivity index (χ0) is 27.5. The van der Waals surface area contributed by atoms with E-state index in [9.17, 15) is 30.0 Å². The van der Waals surface area contributed by atoms with E-state index in [0.717, 1.165) is 24.7 Å². The van der Waals surface area contributed by atoms with Crippen LogP contribution in [-0.4, -0.2) is 87.5 Å². The fourth-order valence-corrected chi connectivity index (χ4v) is 10.3. The lowest BCUT2D eigenvalue weighted by Gasteiger charge is -2.64. The van der Waals surface area contributed by atoms with Crippen molar-refractivity contribution in [1.29, 1.82) is 0 Å². The van der Waals surface area contributed by atoms with Crippen LogP contribution in [-0.2, 0) is 28.5 Å². The number of fused-ring (bicyclic) bond motifs is 7.